The van der Waals surface area contributed by atoms with Crippen LogP contribution in [-0.2, 0) is 4.79 Å². The van der Waals surface area contributed by atoms with E-state index in [1.54, 1.807) is 12.1 Å². The highest BCUT2D eigenvalue weighted by molar-refractivity contribution is 6.21. The lowest BCUT2D eigenvalue weighted by Gasteiger charge is -2.15. The molecule has 1 unspecified atom stereocenters. The van der Waals surface area contributed by atoms with Crippen LogP contribution in [0.1, 0.15) is 41.0 Å². The van der Waals surface area contributed by atoms with Gasteiger partial charge in [-0.15, -0.1) is 0 Å². The molecular weight excluding hydrogens is 270 g/mol. The Bertz CT molecular complexity index is 610. The van der Waals surface area contributed by atoms with Gasteiger partial charge >= 0.3 is 0 Å². The molecule has 0 bridgehead atoms. The SMILES string of the molecule is CC(C)C(N)CC(=O)Nc1ccc2c(c1)C(=O)N(C)C2=O. The molecule has 3 N–H and O–H groups in total. The number of carbonyl (C=O) groups is 3. The minimum atomic E-state index is -0.356. The van der Waals surface area contributed by atoms with Crippen molar-refractivity contribution in [2.75, 3.05) is 12.4 Å². The average Bonchev–Trinajstić information content (AvgIpc) is 2.63. The molecule has 1 aliphatic heterocycles. The van der Waals surface area contributed by atoms with Gasteiger partial charge in [0.15, 0.2) is 0 Å². The van der Waals surface area contributed by atoms with Gasteiger partial charge in [-0.3, -0.25) is 19.3 Å². The number of benzene rings is 1. The first-order valence-electron chi connectivity index (χ1n) is 6.83. The van der Waals surface area contributed by atoms with Crippen molar-refractivity contribution < 1.29 is 14.4 Å². The van der Waals surface area contributed by atoms with E-state index < -0.39 is 0 Å². The lowest BCUT2D eigenvalue weighted by Crippen LogP contribution is -2.31. The number of hydrogen-bond donors (Lipinski definition) is 2. The number of nitrogens with zero attached hydrogens (tertiary/aromatic N) is 1. The molecule has 1 heterocycles. The molecule has 0 radical (unpaired) electrons. The van der Waals surface area contributed by atoms with Crippen molar-refractivity contribution in [3.63, 3.8) is 0 Å². The summed E-state index contributed by atoms with van der Waals surface area (Å²) in [5, 5.41) is 2.71. The molecule has 0 aliphatic carbocycles. The fourth-order valence-corrected chi connectivity index (χ4v) is 2.10. The van der Waals surface area contributed by atoms with Crippen molar-refractivity contribution in [1.82, 2.24) is 4.90 Å². The number of rotatable bonds is 4. The van der Waals surface area contributed by atoms with E-state index >= 15 is 0 Å². The molecule has 0 saturated heterocycles. The zero-order chi connectivity index (χ0) is 15.7. The highest BCUT2D eigenvalue weighted by Crippen LogP contribution is 2.24. The number of anilines is 1. The Morgan fingerprint density at radius 3 is 2.48 bits per heavy atom. The van der Waals surface area contributed by atoms with Crippen LogP contribution in [0, 0.1) is 5.92 Å². The molecule has 1 aromatic carbocycles. The van der Waals surface area contributed by atoms with E-state index in [-0.39, 0.29) is 36.1 Å². The molecular formula is C15H19N3O3. The molecule has 1 aliphatic rings. The van der Waals surface area contributed by atoms with Crippen LogP contribution in [0.15, 0.2) is 18.2 Å². The molecule has 0 saturated carbocycles. The molecule has 1 aromatic rings. The second-order valence-corrected chi connectivity index (χ2v) is 5.59. The first kappa shape index (κ1) is 15.2. The Morgan fingerprint density at radius 1 is 1.24 bits per heavy atom. The van der Waals surface area contributed by atoms with E-state index in [1.165, 1.54) is 13.1 Å². The highest BCUT2D eigenvalue weighted by Gasteiger charge is 2.32. The number of hydrogen-bond acceptors (Lipinski definition) is 4. The Kier molecular flexibility index (Phi) is 4.09. The number of nitrogens with one attached hydrogen (secondary N) is 1. The normalized spacial score (nSPS) is 15.4. The van der Waals surface area contributed by atoms with Gasteiger partial charge in [0, 0.05) is 25.2 Å². The van der Waals surface area contributed by atoms with Crippen molar-refractivity contribution in [2.45, 2.75) is 26.3 Å². The standard InChI is InChI=1S/C15H19N3O3/c1-8(2)12(16)7-13(19)17-9-4-5-10-11(6-9)15(21)18(3)14(10)20/h4-6,8,12H,7,16H2,1-3H3,(H,17,19). The monoisotopic (exact) mass is 289 g/mol. The minimum Gasteiger partial charge on any atom is -0.327 e. The van der Waals surface area contributed by atoms with Crippen molar-refractivity contribution >= 4 is 23.4 Å². The predicted molar refractivity (Wildman–Crippen MR) is 78.9 cm³/mol. The van der Waals surface area contributed by atoms with Crippen LogP contribution < -0.4 is 11.1 Å². The van der Waals surface area contributed by atoms with Crippen molar-refractivity contribution in [3.05, 3.63) is 29.3 Å². The number of fused-ring (bicyclic) bond motifs is 1. The second kappa shape index (κ2) is 5.65. The molecule has 3 amide bonds. The van der Waals surface area contributed by atoms with Gasteiger partial charge in [0.05, 0.1) is 11.1 Å². The quantitative estimate of drug-likeness (QED) is 0.815. The van der Waals surface area contributed by atoms with Crippen LogP contribution in [0.3, 0.4) is 0 Å². The summed E-state index contributed by atoms with van der Waals surface area (Å²) >= 11 is 0. The van der Waals surface area contributed by atoms with E-state index in [9.17, 15) is 14.4 Å². The number of carbonyl (C=O) groups excluding carboxylic acids is 3. The van der Waals surface area contributed by atoms with Gasteiger partial charge < -0.3 is 11.1 Å². The summed E-state index contributed by atoms with van der Waals surface area (Å²) < 4.78 is 0. The van der Waals surface area contributed by atoms with Gasteiger partial charge in [-0.05, 0) is 24.1 Å². The van der Waals surface area contributed by atoms with Crippen LogP contribution in [0.2, 0.25) is 0 Å². The molecule has 21 heavy (non-hydrogen) atoms. The lowest BCUT2D eigenvalue weighted by atomic mass is 10.0. The van der Waals surface area contributed by atoms with E-state index in [2.05, 4.69) is 5.32 Å². The van der Waals surface area contributed by atoms with Crippen LogP contribution in [-0.4, -0.2) is 35.7 Å². The second-order valence-electron chi connectivity index (χ2n) is 5.59. The third-order valence-electron chi connectivity index (χ3n) is 3.65. The van der Waals surface area contributed by atoms with Gasteiger partial charge in [0.25, 0.3) is 11.8 Å². The maximum Gasteiger partial charge on any atom is 0.261 e. The molecule has 2 rings (SSSR count). The minimum absolute atomic E-state index is 0.207. The third kappa shape index (κ3) is 2.95. The number of nitrogens with two attached hydrogens (primary N) is 1. The Hall–Kier alpha value is -2.21. The van der Waals surface area contributed by atoms with Crippen LogP contribution >= 0.6 is 0 Å². The molecule has 0 aromatic heterocycles. The van der Waals surface area contributed by atoms with Crippen LogP contribution in [0.5, 0.6) is 0 Å². The first-order chi connectivity index (χ1) is 9.81. The summed E-state index contributed by atoms with van der Waals surface area (Å²) in [6.07, 6.45) is 0.210. The topological polar surface area (TPSA) is 92.5 Å². The van der Waals surface area contributed by atoms with E-state index in [0.717, 1.165) is 4.90 Å². The van der Waals surface area contributed by atoms with Gasteiger partial charge in [-0.2, -0.15) is 0 Å². The van der Waals surface area contributed by atoms with E-state index in [0.29, 0.717) is 16.8 Å². The van der Waals surface area contributed by atoms with Gasteiger partial charge in [-0.1, -0.05) is 13.8 Å². The molecule has 0 spiro atoms. The van der Waals surface area contributed by atoms with Crippen molar-refractivity contribution in [3.8, 4) is 0 Å². The molecule has 6 nitrogen and oxygen atoms in total. The summed E-state index contributed by atoms with van der Waals surface area (Å²) in [4.78, 5) is 36.6. The summed E-state index contributed by atoms with van der Waals surface area (Å²) in [6, 6.07) is 4.48. The molecule has 1 atom stereocenters. The van der Waals surface area contributed by atoms with E-state index in [4.69, 9.17) is 5.73 Å². The van der Waals surface area contributed by atoms with E-state index in [1.807, 2.05) is 13.8 Å². The summed E-state index contributed by atoms with van der Waals surface area (Å²) in [5.41, 5.74) is 7.02. The molecule has 6 heteroatoms. The van der Waals surface area contributed by atoms with Gasteiger partial charge in [0.1, 0.15) is 0 Å². The predicted octanol–water partition coefficient (Wildman–Crippen LogP) is 1.22. The van der Waals surface area contributed by atoms with Crippen LogP contribution in [0.4, 0.5) is 5.69 Å². The zero-order valence-corrected chi connectivity index (χ0v) is 12.3. The number of imide groups is 1. The van der Waals surface area contributed by atoms with Gasteiger partial charge in [0.2, 0.25) is 5.91 Å². The highest BCUT2D eigenvalue weighted by atomic mass is 16.2. The number of amides is 3. The summed E-state index contributed by atoms with van der Waals surface area (Å²) in [5.74, 6) is -0.676. The Morgan fingerprint density at radius 2 is 1.86 bits per heavy atom. The largest absolute Gasteiger partial charge is 0.327 e. The van der Waals surface area contributed by atoms with Crippen molar-refractivity contribution in [2.24, 2.45) is 11.7 Å². The fraction of sp³-hybridized carbons (Fsp3) is 0.400. The lowest BCUT2D eigenvalue weighted by molar-refractivity contribution is -0.116. The Labute approximate surface area is 123 Å². The third-order valence-corrected chi connectivity index (χ3v) is 3.65. The molecule has 112 valence electrons. The summed E-state index contributed by atoms with van der Waals surface area (Å²) in [7, 11) is 1.44. The maximum atomic E-state index is 11.9. The Balaban J connectivity index is 2.12. The van der Waals surface area contributed by atoms with Crippen molar-refractivity contribution in [1.29, 1.82) is 0 Å². The molecule has 0 fully saturated rings. The average molecular weight is 289 g/mol. The zero-order valence-electron chi connectivity index (χ0n) is 12.3. The smallest absolute Gasteiger partial charge is 0.261 e. The first-order valence-corrected chi connectivity index (χ1v) is 6.83. The fourth-order valence-electron chi connectivity index (χ4n) is 2.10. The van der Waals surface area contributed by atoms with Gasteiger partial charge in [-0.25, -0.2) is 0 Å². The maximum absolute atomic E-state index is 11.9. The van der Waals surface area contributed by atoms with Crippen LogP contribution in [0.25, 0.3) is 0 Å². The summed E-state index contributed by atoms with van der Waals surface area (Å²) in [6.45, 7) is 3.90.